The molecule has 3 aromatic rings. The number of rotatable bonds is 6. The fraction of sp³-hybridized carbons (Fsp3) is 0.348. The minimum absolute atomic E-state index is 0.0218. The predicted octanol–water partition coefficient (Wildman–Crippen LogP) is 3.65. The summed E-state index contributed by atoms with van der Waals surface area (Å²) in [6, 6.07) is 14.1. The van der Waals surface area contributed by atoms with Gasteiger partial charge in [0.1, 0.15) is 11.5 Å². The Morgan fingerprint density at radius 3 is 2.61 bits per heavy atom. The number of carbonyl (C=O) groups is 1. The van der Waals surface area contributed by atoms with E-state index >= 15 is 0 Å². The summed E-state index contributed by atoms with van der Waals surface area (Å²) >= 11 is 0. The predicted molar refractivity (Wildman–Crippen MR) is 110 cm³/mol. The number of hydrogen-bond donors (Lipinski definition) is 2. The lowest BCUT2D eigenvalue weighted by Gasteiger charge is -2.22. The van der Waals surface area contributed by atoms with Gasteiger partial charge < -0.3 is 19.8 Å². The first-order valence-corrected chi connectivity index (χ1v) is 9.76. The molecule has 4 rings (SSSR count). The molecule has 5 heteroatoms. The molecule has 2 N–H and O–H groups in total. The van der Waals surface area contributed by atoms with Crippen molar-refractivity contribution in [3.8, 4) is 11.5 Å². The van der Waals surface area contributed by atoms with Gasteiger partial charge in [-0.3, -0.25) is 4.79 Å². The standard InChI is InChI=1S/C23H26N2O3/c1-27-17-6-3-15(4-7-17)11-12-24-23(26)16-5-9-21-19(13-16)20-14-18(28-2)8-10-22(20)25-21/h3-4,6-8,10,14,16,25H,5,9,11-13H2,1-2H3,(H,24,26). The first kappa shape index (κ1) is 18.4. The van der Waals surface area contributed by atoms with E-state index < -0.39 is 0 Å². The first-order chi connectivity index (χ1) is 13.7. The smallest absolute Gasteiger partial charge is 0.223 e. The second kappa shape index (κ2) is 7.97. The first-order valence-electron chi connectivity index (χ1n) is 9.76. The maximum Gasteiger partial charge on any atom is 0.223 e. The number of aromatic nitrogens is 1. The van der Waals surface area contributed by atoms with Crippen molar-refractivity contribution in [1.82, 2.24) is 10.3 Å². The lowest BCUT2D eigenvalue weighted by Crippen LogP contribution is -2.35. The Morgan fingerprint density at radius 2 is 1.86 bits per heavy atom. The van der Waals surface area contributed by atoms with Crippen molar-refractivity contribution >= 4 is 16.8 Å². The molecule has 1 heterocycles. The van der Waals surface area contributed by atoms with Crippen molar-refractivity contribution in [1.29, 1.82) is 0 Å². The van der Waals surface area contributed by atoms with Crippen molar-refractivity contribution < 1.29 is 14.3 Å². The number of H-pyrrole nitrogens is 1. The van der Waals surface area contributed by atoms with Crippen LogP contribution in [0.1, 0.15) is 23.2 Å². The second-order valence-corrected chi connectivity index (χ2v) is 7.32. The summed E-state index contributed by atoms with van der Waals surface area (Å²) in [4.78, 5) is 16.2. The molecular weight excluding hydrogens is 352 g/mol. The molecule has 1 aromatic heterocycles. The molecule has 0 saturated heterocycles. The van der Waals surface area contributed by atoms with E-state index in [4.69, 9.17) is 9.47 Å². The quantitative estimate of drug-likeness (QED) is 0.688. The van der Waals surface area contributed by atoms with E-state index in [1.165, 1.54) is 22.2 Å². The number of nitrogens with one attached hydrogen (secondary N) is 2. The lowest BCUT2D eigenvalue weighted by molar-refractivity contribution is -0.125. The fourth-order valence-corrected chi connectivity index (χ4v) is 4.01. The Balaban J connectivity index is 1.38. The molecule has 0 radical (unpaired) electrons. The Kier molecular flexibility index (Phi) is 5.24. The summed E-state index contributed by atoms with van der Waals surface area (Å²) in [6.45, 7) is 0.649. The molecule has 1 amide bonds. The van der Waals surface area contributed by atoms with E-state index in [2.05, 4.69) is 22.4 Å². The molecule has 28 heavy (non-hydrogen) atoms. The van der Waals surface area contributed by atoms with Crippen LogP contribution in [0.5, 0.6) is 11.5 Å². The molecule has 1 unspecified atom stereocenters. The Bertz CT molecular complexity index is 975. The highest BCUT2D eigenvalue weighted by Gasteiger charge is 2.27. The number of methoxy groups -OCH3 is 2. The molecule has 1 aliphatic carbocycles. The van der Waals surface area contributed by atoms with Crippen LogP contribution in [-0.4, -0.2) is 31.7 Å². The molecule has 0 fully saturated rings. The van der Waals surface area contributed by atoms with Gasteiger partial charge in [-0.05, 0) is 67.1 Å². The SMILES string of the molecule is COc1ccc(CCNC(=O)C2CCc3[nH]c4ccc(OC)cc4c3C2)cc1. The van der Waals surface area contributed by atoms with Gasteiger partial charge in [-0.25, -0.2) is 0 Å². The third-order valence-corrected chi connectivity index (χ3v) is 5.64. The van der Waals surface area contributed by atoms with Gasteiger partial charge in [0, 0.05) is 29.1 Å². The summed E-state index contributed by atoms with van der Waals surface area (Å²) in [5.41, 5.74) is 4.82. The van der Waals surface area contributed by atoms with E-state index in [-0.39, 0.29) is 11.8 Å². The van der Waals surface area contributed by atoms with Gasteiger partial charge in [-0.15, -0.1) is 0 Å². The Labute approximate surface area is 165 Å². The van der Waals surface area contributed by atoms with Gasteiger partial charge in [0.05, 0.1) is 14.2 Å². The number of hydrogen-bond acceptors (Lipinski definition) is 3. The van der Waals surface area contributed by atoms with E-state index in [1.807, 2.05) is 30.3 Å². The third kappa shape index (κ3) is 3.70. The Morgan fingerprint density at radius 1 is 1.11 bits per heavy atom. The number of fused-ring (bicyclic) bond motifs is 3. The number of carbonyl (C=O) groups excluding carboxylic acids is 1. The molecule has 1 aliphatic rings. The molecular formula is C23H26N2O3. The summed E-state index contributed by atoms with van der Waals surface area (Å²) in [6.07, 6.45) is 3.38. The fourth-order valence-electron chi connectivity index (χ4n) is 4.01. The van der Waals surface area contributed by atoms with Crippen LogP contribution in [-0.2, 0) is 24.1 Å². The summed E-state index contributed by atoms with van der Waals surface area (Å²) in [7, 11) is 3.34. The topological polar surface area (TPSA) is 63.3 Å². The molecule has 0 bridgehead atoms. The van der Waals surface area contributed by atoms with Gasteiger partial charge in [-0.1, -0.05) is 12.1 Å². The van der Waals surface area contributed by atoms with Crippen molar-refractivity contribution in [2.75, 3.05) is 20.8 Å². The maximum absolute atomic E-state index is 12.7. The van der Waals surface area contributed by atoms with Crippen LogP contribution in [0.3, 0.4) is 0 Å². The van der Waals surface area contributed by atoms with Crippen LogP contribution in [0, 0.1) is 5.92 Å². The van der Waals surface area contributed by atoms with E-state index in [0.29, 0.717) is 6.54 Å². The average Bonchev–Trinajstić information content (AvgIpc) is 3.11. The minimum atomic E-state index is 0.0218. The van der Waals surface area contributed by atoms with Gasteiger partial charge in [0.15, 0.2) is 0 Å². The van der Waals surface area contributed by atoms with E-state index in [9.17, 15) is 4.79 Å². The normalized spacial score (nSPS) is 15.9. The van der Waals surface area contributed by atoms with Gasteiger partial charge in [-0.2, -0.15) is 0 Å². The summed E-state index contributed by atoms with van der Waals surface area (Å²) in [5, 5.41) is 4.29. The van der Waals surface area contributed by atoms with E-state index in [1.54, 1.807) is 14.2 Å². The van der Waals surface area contributed by atoms with Crippen molar-refractivity contribution in [2.24, 2.45) is 5.92 Å². The summed E-state index contributed by atoms with van der Waals surface area (Å²) < 4.78 is 10.5. The number of amides is 1. The minimum Gasteiger partial charge on any atom is -0.497 e. The lowest BCUT2D eigenvalue weighted by atomic mass is 9.85. The van der Waals surface area contributed by atoms with Crippen LogP contribution < -0.4 is 14.8 Å². The number of aryl methyl sites for hydroxylation is 1. The van der Waals surface area contributed by atoms with Gasteiger partial charge >= 0.3 is 0 Å². The van der Waals surface area contributed by atoms with Crippen LogP contribution in [0.25, 0.3) is 10.9 Å². The monoisotopic (exact) mass is 378 g/mol. The molecule has 0 spiro atoms. The van der Waals surface area contributed by atoms with Crippen molar-refractivity contribution in [2.45, 2.75) is 25.7 Å². The third-order valence-electron chi connectivity index (χ3n) is 5.64. The van der Waals surface area contributed by atoms with Crippen LogP contribution in [0.2, 0.25) is 0 Å². The highest BCUT2D eigenvalue weighted by atomic mass is 16.5. The average molecular weight is 378 g/mol. The highest BCUT2D eigenvalue weighted by Crippen LogP contribution is 2.33. The number of ether oxygens (including phenoxy) is 2. The molecule has 2 aromatic carbocycles. The maximum atomic E-state index is 12.7. The Hall–Kier alpha value is -2.95. The number of benzene rings is 2. The van der Waals surface area contributed by atoms with Gasteiger partial charge in [0.25, 0.3) is 0 Å². The molecule has 0 aliphatic heterocycles. The van der Waals surface area contributed by atoms with Crippen LogP contribution in [0.4, 0.5) is 0 Å². The van der Waals surface area contributed by atoms with Crippen LogP contribution in [0.15, 0.2) is 42.5 Å². The highest BCUT2D eigenvalue weighted by molar-refractivity contribution is 5.88. The molecule has 146 valence electrons. The molecule has 5 nitrogen and oxygen atoms in total. The van der Waals surface area contributed by atoms with Crippen LogP contribution >= 0.6 is 0 Å². The zero-order valence-electron chi connectivity index (χ0n) is 16.4. The largest absolute Gasteiger partial charge is 0.497 e. The second-order valence-electron chi connectivity index (χ2n) is 7.32. The number of aromatic amines is 1. The molecule has 0 saturated carbocycles. The zero-order chi connectivity index (χ0) is 19.5. The van der Waals surface area contributed by atoms with E-state index in [0.717, 1.165) is 42.7 Å². The van der Waals surface area contributed by atoms with Crippen molar-refractivity contribution in [3.63, 3.8) is 0 Å². The molecule has 1 atom stereocenters. The summed E-state index contributed by atoms with van der Waals surface area (Å²) in [5.74, 6) is 1.87. The zero-order valence-corrected chi connectivity index (χ0v) is 16.4. The van der Waals surface area contributed by atoms with Crippen molar-refractivity contribution in [3.05, 3.63) is 59.3 Å². The van der Waals surface area contributed by atoms with Gasteiger partial charge in [0.2, 0.25) is 5.91 Å².